The molecule has 18 heavy (non-hydrogen) atoms. The van der Waals surface area contributed by atoms with Crippen molar-refractivity contribution in [3.05, 3.63) is 29.8 Å². The van der Waals surface area contributed by atoms with Crippen LogP contribution in [-0.2, 0) is 14.9 Å². The molecule has 1 aromatic rings. The molecule has 0 heterocycles. The third kappa shape index (κ3) is 2.22. The van der Waals surface area contributed by atoms with Crippen LogP contribution in [0.25, 0.3) is 0 Å². The molecule has 0 amide bonds. The van der Waals surface area contributed by atoms with Gasteiger partial charge in [-0.2, -0.15) is 0 Å². The van der Waals surface area contributed by atoms with E-state index in [0.717, 1.165) is 30.6 Å². The van der Waals surface area contributed by atoms with Crippen molar-refractivity contribution < 1.29 is 14.3 Å². The van der Waals surface area contributed by atoms with Crippen LogP contribution in [0.15, 0.2) is 24.3 Å². The summed E-state index contributed by atoms with van der Waals surface area (Å²) in [5.74, 6) is 0.764. The monoisotopic (exact) mass is 248 g/mol. The SMILES string of the molecule is CCOC(=O)C1(c2ccc(OCC)cc2)CCC1. The molecule has 0 bridgehead atoms. The van der Waals surface area contributed by atoms with Crippen LogP contribution in [0.5, 0.6) is 5.75 Å². The molecule has 98 valence electrons. The molecule has 1 aliphatic carbocycles. The van der Waals surface area contributed by atoms with Gasteiger partial charge in [-0.05, 0) is 44.4 Å². The maximum Gasteiger partial charge on any atom is 0.316 e. The van der Waals surface area contributed by atoms with Gasteiger partial charge in [0.15, 0.2) is 0 Å². The number of hydrogen-bond acceptors (Lipinski definition) is 3. The van der Waals surface area contributed by atoms with Crippen molar-refractivity contribution in [2.75, 3.05) is 13.2 Å². The summed E-state index contributed by atoms with van der Waals surface area (Å²) in [5, 5.41) is 0. The second-order valence-electron chi connectivity index (χ2n) is 4.61. The molecule has 0 aromatic heterocycles. The van der Waals surface area contributed by atoms with Gasteiger partial charge in [0.1, 0.15) is 5.75 Å². The third-order valence-electron chi connectivity index (χ3n) is 3.59. The van der Waals surface area contributed by atoms with E-state index in [1.165, 1.54) is 0 Å². The molecule has 0 unspecified atom stereocenters. The minimum Gasteiger partial charge on any atom is -0.494 e. The fourth-order valence-electron chi connectivity index (χ4n) is 2.45. The Morgan fingerprint density at radius 3 is 2.28 bits per heavy atom. The lowest BCUT2D eigenvalue weighted by Crippen LogP contribution is -2.43. The molecule has 0 spiro atoms. The molecule has 1 aliphatic rings. The van der Waals surface area contributed by atoms with E-state index in [1.54, 1.807) is 0 Å². The Bertz CT molecular complexity index is 404. The van der Waals surface area contributed by atoms with E-state index in [9.17, 15) is 4.79 Å². The molecule has 3 nitrogen and oxygen atoms in total. The summed E-state index contributed by atoms with van der Waals surface area (Å²) in [5.41, 5.74) is 0.650. The number of esters is 1. The highest BCUT2D eigenvalue weighted by Gasteiger charge is 2.46. The van der Waals surface area contributed by atoms with Crippen LogP contribution in [0.2, 0.25) is 0 Å². The van der Waals surface area contributed by atoms with E-state index in [0.29, 0.717) is 13.2 Å². The topological polar surface area (TPSA) is 35.5 Å². The van der Waals surface area contributed by atoms with Crippen molar-refractivity contribution in [1.29, 1.82) is 0 Å². The van der Waals surface area contributed by atoms with Crippen LogP contribution in [0, 0.1) is 0 Å². The van der Waals surface area contributed by atoms with Crippen molar-refractivity contribution in [2.24, 2.45) is 0 Å². The molecule has 2 rings (SSSR count). The highest BCUT2D eigenvalue weighted by molar-refractivity contribution is 5.84. The zero-order valence-electron chi connectivity index (χ0n) is 11.1. The average Bonchev–Trinajstić information content (AvgIpc) is 2.30. The molecule has 0 atom stereocenters. The zero-order chi connectivity index (χ0) is 13.0. The summed E-state index contributed by atoms with van der Waals surface area (Å²) in [6, 6.07) is 7.83. The van der Waals surface area contributed by atoms with Gasteiger partial charge in [-0.15, -0.1) is 0 Å². The lowest BCUT2D eigenvalue weighted by Gasteiger charge is -2.39. The summed E-state index contributed by atoms with van der Waals surface area (Å²) >= 11 is 0. The molecule has 1 saturated carbocycles. The summed E-state index contributed by atoms with van der Waals surface area (Å²) < 4.78 is 10.6. The summed E-state index contributed by atoms with van der Waals surface area (Å²) in [4.78, 5) is 12.1. The first-order valence-electron chi connectivity index (χ1n) is 6.63. The van der Waals surface area contributed by atoms with E-state index >= 15 is 0 Å². The molecular formula is C15H20O3. The molecule has 0 saturated heterocycles. The van der Waals surface area contributed by atoms with Gasteiger partial charge in [0, 0.05) is 0 Å². The van der Waals surface area contributed by atoms with E-state index in [2.05, 4.69) is 0 Å². The molecular weight excluding hydrogens is 228 g/mol. The van der Waals surface area contributed by atoms with Gasteiger partial charge in [0.25, 0.3) is 0 Å². The number of carbonyl (C=O) groups is 1. The average molecular weight is 248 g/mol. The minimum absolute atomic E-state index is 0.0830. The highest BCUT2D eigenvalue weighted by atomic mass is 16.5. The largest absolute Gasteiger partial charge is 0.494 e. The van der Waals surface area contributed by atoms with Crippen LogP contribution in [0.3, 0.4) is 0 Å². The maximum atomic E-state index is 12.1. The fourth-order valence-corrected chi connectivity index (χ4v) is 2.45. The van der Waals surface area contributed by atoms with E-state index in [4.69, 9.17) is 9.47 Å². The van der Waals surface area contributed by atoms with Crippen LogP contribution in [0.4, 0.5) is 0 Å². The van der Waals surface area contributed by atoms with Gasteiger partial charge >= 0.3 is 5.97 Å². The smallest absolute Gasteiger partial charge is 0.316 e. The number of ether oxygens (including phenoxy) is 2. The van der Waals surface area contributed by atoms with Crippen molar-refractivity contribution in [1.82, 2.24) is 0 Å². The lowest BCUT2D eigenvalue weighted by molar-refractivity contribution is -0.153. The first-order chi connectivity index (χ1) is 8.73. The molecule has 1 fully saturated rings. The van der Waals surface area contributed by atoms with Crippen LogP contribution in [0.1, 0.15) is 38.7 Å². The number of hydrogen-bond donors (Lipinski definition) is 0. The normalized spacial score (nSPS) is 16.8. The van der Waals surface area contributed by atoms with E-state index < -0.39 is 5.41 Å². The molecule has 3 heteroatoms. The Labute approximate surface area is 108 Å². The Balaban J connectivity index is 2.19. The summed E-state index contributed by atoms with van der Waals surface area (Å²) in [6.07, 6.45) is 2.87. The predicted octanol–water partition coefficient (Wildman–Crippen LogP) is 3.07. The predicted molar refractivity (Wildman–Crippen MR) is 69.8 cm³/mol. The van der Waals surface area contributed by atoms with Gasteiger partial charge in [0.2, 0.25) is 0 Å². The van der Waals surface area contributed by atoms with Crippen molar-refractivity contribution >= 4 is 5.97 Å². The minimum atomic E-state index is -0.402. The Hall–Kier alpha value is -1.51. The lowest BCUT2D eigenvalue weighted by atomic mass is 9.64. The Morgan fingerprint density at radius 1 is 1.17 bits per heavy atom. The summed E-state index contributed by atoms with van der Waals surface area (Å²) in [6.45, 7) is 4.91. The van der Waals surface area contributed by atoms with E-state index in [1.807, 2.05) is 38.1 Å². The highest BCUT2D eigenvalue weighted by Crippen LogP contribution is 2.45. The Kier molecular flexibility index (Phi) is 3.90. The maximum absolute atomic E-state index is 12.1. The van der Waals surface area contributed by atoms with Crippen LogP contribution < -0.4 is 4.74 Å². The van der Waals surface area contributed by atoms with Gasteiger partial charge in [0.05, 0.1) is 18.6 Å². The number of carbonyl (C=O) groups excluding carboxylic acids is 1. The van der Waals surface area contributed by atoms with Crippen molar-refractivity contribution in [3.63, 3.8) is 0 Å². The van der Waals surface area contributed by atoms with Crippen molar-refractivity contribution in [3.8, 4) is 5.75 Å². The van der Waals surface area contributed by atoms with Crippen LogP contribution >= 0.6 is 0 Å². The standard InChI is InChI=1S/C15H20O3/c1-3-17-13-8-6-12(7-9-13)15(10-5-11-15)14(16)18-4-2/h6-9H,3-5,10-11H2,1-2H3. The zero-order valence-corrected chi connectivity index (χ0v) is 11.1. The van der Waals surface area contributed by atoms with Gasteiger partial charge in [-0.1, -0.05) is 18.6 Å². The van der Waals surface area contributed by atoms with Crippen molar-refractivity contribution in [2.45, 2.75) is 38.5 Å². The quantitative estimate of drug-likeness (QED) is 0.751. The van der Waals surface area contributed by atoms with Gasteiger partial charge in [-0.25, -0.2) is 0 Å². The van der Waals surface area contributed by atoms with Gasteiger partial charge in [-0.3, -0.25) is 4.79 Å². The summed E-state index contributed by atoms with van der Waals surface area (Å²) in [7, 11) is 0. The third-order valence-corrected chi connectivity index (χ3v) is 3.59. The number of rotatable bonds is 5. The molecule has 0 radical (unpaired) electrons. The fraction of sp³-hybridized carbons (Fsp3) is 0.533. The van der Waals surface area contributed by atoms with Crippen LogP contribution in [-0.4, -0.2) is 19.2 Å². The molecule has 0 aliphatic heterocycles. The first kappa shape index (κ1) is 12.9. The van der Waals surface area contributed by atoms with Gasteiger partial charge < -0.3 is 9.47 Å². The molecule has 0 N–H and O–H groups in total. The first-order valence-corrected chi connectivity index (χ1v) is 6.63. The second kappa shape index (κ2) is 5.42. The Morgan fingerprint density at radius 2 is 1.83 bits per heavy atom. The molecule has 1 aromatic carbocycles. The second-order valence-corrected chi connectivity index (χ2v) is 4.61. The number of benzene rings is 1. The van der Waals surface area contributed by atoms with E-state index in [-0.39, 0.29) is 5.97 Å².